The summed E-state index contributed by atoms with van der Waals surface area (Å²) in [4.78, 5) is 28.8. The van der Waals surface area contributed by atoms with Gasteiger partial charge in [-0.25, -0.2) is 0 Å². The summed E-state index contributed by atoms with van der Waals surface area (Å²) in [5.41, 5.74) is -0.564. The van der Waals surface area contributed by atoms with Gasteiger partial charge in [0.05, 0.1) is 12.6 Å². The quantitative estimate of drug-likeness (QED) is 0.458. The van der Waals surface area contributed by atoms with Gasteiger partial charge in [-0.2, -0.15) is 4.68 Å². The Bertz CT molecular complexity index is 1350. The van der Waals surface area contributed by atoms with Crippen molar-refractivity contribution in [2.75, 3.05) is 7.11 Å². The predicted molar refractivity (Wildman–Crippen MR) is 106 cm³/mol. The van der Waals surface area contributed by atoms with Crippen LogP contribution in [-0.2, 0) is 0 Å². The minimum Gasteiger partial charge on any atom is -0.494 e. The highest BCUT2D eigenvalue weighted by molar-refractivity contribution is 9.10. The summed E-state index contributed by atoms with van der Waals surface area (Å²) in [5.74, 6) is -0.143. The van der Waals surface area contributed by atoms with E-state index >= 15 is 0 Å². The molecule has 0 saturated heterocycles. The first kappa shape index (κ1) is 17.6. The van der Waals surface area contributed by atoms with Crippen LogP contribution < -0.4 is 15.7 Å². The van der Waals surface area contributed by atoms with Crippen LogP contribution in [0.5, 0.6) is 11.6 Å². The van der Waals surface area contributed by atoms with E-state index < -0.39 is 16.9 Å². The highest BCUT2D eigenvalue weighted by atomic mass is 79.9. The van der Waals surface area contributed by atoms with Gasteiger partial charge in [-0.15, -0.1) is 5.10 Å². The Morgan fingerprint density at radius 2 is 2.00 bits per heavy atom. The zero-order valence-electron chi connectivity index (χ0n) is 13.8. The van der Waals surface area contributed by atoms with Crippen LogP contribution in [-0.4, -0.2) is 27.0 Å². The minimum atomic E-state index is -0.679. The van der Waals surface area contributed by atoms with Gasteiger partial charge in [0.2, 0.25) is 5.43 Å². The van der Waals surface area contributed by atoms with Gasteiger partial charge in [0.1, 0.15) is 22.3 Å². The second-order valence-corrected chi connectivity index (χ2v) is 7.10. The predicted octanol–water partition coefficient (Wildman–Crippen LogP) is 3.36. The summed E-state index contributed by atoms with van der Waals surface area (Å²) >= 11 is 9.28. The molecule has 2 aromatic heterocycles. The standard InChI is InChI=1S/C18H11BrClN3O4/c1-27-13-6-8(19)2-5-12(13)23-18(26)14-15(17(25)22-23)21-11-7-9(20)3-4-10(11)16(14)24/h2-7H,1H3,(H,21,24)(H,22,25). The summed E-state index contributed by atoms with van der Waals surface area (Å²) in [5, 5.41) is 14.8. The molecule has 27 heavy (non-hydrogen) atoms. The largest absolute Gasteiger partial charge is 0.494 e. The fourth-order valence-electron chi connectivity index (χ4n) is 2.92. The molecule has 2 aromatic carbocycles. The first-order valence-electron chi connectivity index (χ1n) is 7.72. The number of nitrogens with zero attached hydrogens (tertiary/aromatic N) is 2. The summed E-state index contributed by atoms with van der Waals surface area (Å²) in [6, 6.07) is 9.56. The molecule has 9 heteroatoms. The van der Waals surface area contributed by atoms with Crippen molar-refractivity contribution in [3.05, 3.63) is 66.5 Å². The number of halogens is 2. The van der Waals surface area contributed by atoms with Crippen molar-refractivity contribution in [1.29, 1.82) is 0 Å². The van der Waals surface area contributed by atoms with Crippen LogP contribution in [0, 0.1) is 0 Å². The van der Waals surface area contributed by atoms with Crippen molar-refractivity contribution in [2.24, 2.45) is 0 Å². The molecule has 0 fully saturated rings. The average molecular weight is 449 g/mol. The smallest absolute Gasteiger partial charge is 0.285 e. The van der Waals surface area contributed by atoms with E-state index in [4.69, 9.17) is 16.3 Å². The van der Waals surface area contributed by atoms with E-state index in [1.165, 1.54) is 13.2 Å². The monoisotopic (exact) mass is 447 g/mol. The fraction of sp³-hybridized carbons (Fsp3) is 0.0556. The number of hydrogen-bond acceptors (Lipinski definition) is 5. The molecule has 2 heterocycles. The first-order chi connectivity index (χ1) is 12.9. The van der Waals surface area contributed by atoms with Crippen LogP contribution in [0.1, 0.15) is 0 Å². The molecule has 136 valence electrons. The number of H-pyrrole nitrogens is 1. The van der Waals surface area contributed by atoms with Gasteiger partial charge in [-0.1, -0.05) is 27.5 Å². The van der Waals surface area contributed by atoms with Crippen molar-refractivity contribution in [3.8, 4) is 17.3 Å². The second-order valence-electron chi connectivity index (χ2n) is 5.75. The molecule has 2 N–H and O–H groups in total. The zero-order valence-corrected chi connectivity index (χ0v) is 16.1. The van der Waals surface area contributed by atoms with Gasteiger partial charge >= 0.3 is 0 Å². The lowest BCUT2D eigenvalue weighted by molar-refractivity contribution is 0.407. The number of nitrogens with one attached hydrogen (secondary N) is 1. The van der Waals surface area contributed by atoms with E-state index in [9.17, 15) is 14.7 Å². The van der Waals surface area contributed by atoms with Gasteiger partial charge in [-0.05, 0) is 36.4 Å². The lowest BCUT2D eigenvalue weighted by Gasteiger charge is -2.12. The van der Waals surface area contributed by atoms with Gasteiger partial charge < -0.3 is 14.8 Å². The molecule has 4 rings (SSSR count). The Morgan fingerprint density at radius 1 is 1.22 bits per heavy atom. The molecule has 0 bridgehead atoms. The van der Waals surface area contributed by atoms with Gasteiger partial charge in [0, 0.05) is 14.9 Å². The number of pyridine rings is 1. The summed E-state index contributed by atoms with van der Waals surface area (Å²) in [7, 11) is 1.45. The highest BCUT2D eigenvalue weighted by Gasteiger charge is 2.19. The van der Waals surface area contributed by atoms with Crippen LogP contribution >= 0.6 is 27.5 Å². The Kier molecular flexibility index (Phi) is 4.16. The van der Waals surface area contributed by atoms with Crippen LogP contribution in [0.25, 0.3) is 27.5 Å². The van der Waals surface area contributed by atoms with Gasteiger partial charge in [-0.3, -0.25) is 9.59 Å². The van der Waals surface area contributed by atoms with Crippen molar-refractivity contribution >= 4 is 49.3 Å². The summed E-state index contributed by atoms with van der Waals surface area (Å²) in [6.45, 7) is 0. The molecule has 0 aliphatic rings. The van der Waals surface area contributed by atoms with Crippen LogP contribution in [0.3, 0.4) is 0 Å². The first-order valence-corrected chi connectivity index (χ1v) is 8.89. The van der Waals surface area contributed by atoms with E-state index in [1.807, 2.05) is 0 Å². The Morgan fingerprint density at radius 3 is 2.74 bits per heavy atom. The molecular weight excluding hydrogens is 438 g/mol. The number of aromatic hydroxyl groups is 1. The fourth-order valence-corrected chi connectivity index (χ4v) is 3.43. The Hall–Kier alpha value is -2.84. The molecule has 0 amide bonds. The van der Waals surface area contributed by atoms with E-state index in [2.05, 4.69) is 26.0 Å². The Balaban J connectivity index is 2.15. The van der Waals surface area contributed by atoms with Crippen LogP contribution in [0.2, 0.25) is 5.02 Å². The molecule has 4 aromatic rings. The topological polar surface area (TPSA) is 97.2 Å². The maximum absolute atomic E-state index is 13.0. The lowest BCUT2D eigenvalue weighted by atomic mass is 10.1. The van der Waals surface area contributed by atoms with Gasteiger partial charge in [0.15, 0.2) is 0 Å². The summed E-state index contributed by atoms with van der Waals surface area (Å²) < 4.78 is 6.97. The van der Waals surface area contributed by atoms with Crippen molar-refractivity contribution in [2.45, 2.75) is 0 Å². The number of hydrogen-bond donors (Lipinski definition) is 2. The number of rotatable bonds is 2. The lowest BCUT2D eigenvalue weighted by Crippen LogP contribution is -2.26. The van der Waals surface area contributed by atoms with Crippen LogP contribution in [0.15, 0.2) is 50.5 Å². The van der Waals surface area contributed by atoms with E-state index in [0.29, 0.717) is 22.0 Å². The molecule has 0 aliphatic carbocycles. The molecule has 0 radical (unpaired) electrons. The molecule has 0 aliphatic heterocycles. The zero-order chi connectivity index (χ0) is 19.3. The van der Waals surface area contributed by atoms with Crippen molar-refractivity contribution in [1.82, 2.24) is 14.8 Å². The third kappa shape index (κ3) is 2.77. The normalized spacial score (nSPS) is 11.2. The van der Waals surface area contributed by atoms with Crippen LogP contribution in [0.4, 0.5) is 0 Å². The molecule has 0 spiro atoms. The molecule has 7 nitrogen and oxygen atoms in total. The third-order valence-electron chi connectivity index (χ3n) is 4.16. The second kappa shape index (κ2) is 6.40. The number of benzene rings is 2. The van der Waals surface area contributed by atoms with E-state index in [1.54, 1.807) is 30.3 Å². The maximum Gasteiger partial charge on any atom is 0.285 e. The molecule has 0 saturated carbocycles. The minimum absolute atomic E-state index is 0.0490. The molecule has 0 unspecified atom stereocenters. The van der Waals surface area contributed by atoms with Gasteiger partial charge in [0.25, 0.3) is 11.4 Å². The summed E-state index contributed by atoms with van der Waals surface area (Å²) in [6.07, 6.45) is 0. The van der Waals surface area contributed by atoms with E-state index in [-0.39, 0.29) is 16.3 Å². The Labute approximate surface area is 164 Å². The molecule has 0 atom stereocenters. The van der Waals surface area contributed by atoms with E-state index in [0.717, 1.165) is 9.15 Å². The highest BCUT2D eigenvalue weighted by Crippen LogP contribution is 2.27. The number of ether oxygens (including phenoxy) is 1. The van der Waals surface area contributed by atoms with Crippen molar-refractivity contribution in [3.63, 3.8) is 0 Å². The number of aromatic nitrogens is 3. The van der Waals surface area contributed by atoms with Crippen molar-refractivity contribution < 1.29 is 9.84 Å². The maximum atomic E-state index is 13.0. The molecular formula is C18H11BrClN3O4. The number of aromatic amines is 1. The third-order valence-corrected chi connectivity index (χ3v) is 4.89. The average Bonchev–Trinajstić information content (AvgIpc) is 2.64. The number of fused-ring (bicyclic) bond motifs is 2. The SMILES string of the molecule is COc1cc(Br)ccc1-n1nc(O)c2[nH]c3cc(Cl)ccc3c(=O)c2c1=O. The number of methoxy groups -OCH3 is 1.